The number of urea groups is 1. The second-order valence-electron chi connectivity index (χ2n) is 12.4. The number of nitrogens with zero attached hydrogens (tertiary/aromatic N) is 3. The second-order valence-corrected chi connectivity index (χ2v) is 13.6. The number of hydrogen-bond acceptors (Lipinski definition) is 10. The number of hydrazone groups is 1. The minimum atomic E-state index is -1.14. The van der Waals surface area contributed by atoms with Crippen LogP contribution in [0.15, 0.2) is 53.6 Å². The zero-order valence-corrected chi connectivity index (χ0v) is 30.1. The van der Waals surface area contributed by atoms with Crippen molar-refractivity contribution >= 4 is 28.9 Å². The van der Waals surface area contributed by atoms with Gasteiger partial charge in [0, 0.05) is 38.9 Å². The Morgan fingerprint density at radius 1 is 0.920 bits per heavy atom. The lowest BCUT2D eigenvalue weighted by Gasteiger charge is -2.37. The number of halogens is 2. The number of amides is 3. The quantitative estimate of drug-likeness (QED) is 0.164. The number of nitrogens with one attached hydrogen (secondary N) is 1. The van der Waals surface area contributed by atoms with E-state index in [2.05, 4.69) is 10.4 Å². The summed E-state index contributed by atoms with van der Waals surface area (Å²) in [5, 5.41) is 17.6. The van der Waals surface area contributed by atoms with Crippen molar-refractivity contribution < 1.29 is 47.2 Å². The summed E-state index contributed by atoms with van der Waals surface area (Å²) >= 11 is 1.16. The molecule has 0 spiro atoms. The first-order valence-electron chi connectivity index (χ1n) is 16.7. The molecule has 1 aliphatic rings. The van der Waals surface area contributed by atoms with Crippen LogP contribution in [0.3, 0.4) is 0 Å². The zero-order chi connectivity index (χ0) is 36.4. The molecule has 3 amide bonds. The molecule has 1 unspecified atom stereocenters. The van der Waals surface area contributed by atoms with Crippen LogP contribution in [0.1, 0.15) is 51.2 Å². The highest BCUT2D eigenvalue weighted by atomic mass is 32.2. The highest BCUT2D eigenvalue weighted by Gasteiger charge is 2.49. The van der Waals surface area contributed by atoms with E-state index in [1.165, 1.54) is 9.91 Å². The molecule has 15 heteroatoms. The molecule has 0 fully saturated rings. The number of carbonyl (C=O) groups excluding carboxylic acids is 2. The fourth-order valence-electron chi connectivity index (χ4n) is 4.76. The minimum absolute atomic E-state index is 0.0553. The summed E-state index contributed by atoms with van der Waals surface area (Å²) in [4.78, 5) is 26.7. The molecule has 0 saturated heterocycles. The molecule has 1 aliphatic heterocycles. The highest BCUT2D eigenvalue weighted by Crippen LogP contribution is 2.51. The van der Waals surface area contributed by atoms with Crippen molar-refractivity contribution in [2.24, 2.45) is 5.10 Å². The fraction of sp³-hybridized carbons (Fsp3) is 0.571. The van der Waals surface area contributed by atoms with Crippen LogP contribution in [0.4, 0.5) is 18.4 Å². The topological polar surface area (TPSA) is 131 Å². The molecule has 278 valence electrons. The van der Waals surface area contributed by atoms with Gasteiger partial charge in [-0.2, -0.15) is 10.1 Å². The lowest BCUT2D eigenvalue weighted by molar-refractivity contribution is -0.00416. The molecule has 0 radical (unpaired) electrons. The number of rotatable bonds is 21. The Morgan fingerprint density at radius 2 is 1.54 bits per heavy atom. The van der Waals surface area contributed by atoms with Gasteiger partial charge in [-0.1, -0.05) is 42.1 Å². The summed E-state index contributed by atoms with van der Waals surface area (Å²) in [5.41, 5.74) is 0.0114. The van der Waals surface area contributed by atoms with E-state index < -0.39 is 34.2 Å². The molecule has 2 aromatic rings. The number of ether oxygens (including phenoxy) is 5. The van der Waals surface area contributed by atoms with Crippen LogP contribution in [-0.4, -0.2) is 117 Å². The molecule has 12 nitrogen and oxygen atoms in total. The molecular formula is C35H50F2N4O8S. The first kappa shape index (κ1) is 41.1. The predicted molar refractivity (Wildman–Crippen MR) is 187 cm³/mol. The monoisotopic (exact) mass is 724 g/mol. The lowest BCUT2D eigenvalue weighted by Crippen LogP contribution is -2.48. The molecular weight excluding hydrogens is 674 g/mol. The maximum absolute atomic E-state index is 15.0. The van der Waals surface area contributed by atoms with Crippen molar-refractivity contribution in [1.82, 2.24) is 15.2 Å². The van der Waals surface area contributed by atoms with Crippen LogP contribution in [0.5, 0.6) is 0 Å². The smallest absolute Gasteiger partial charge is 0.407 e. The normalized spacial score (nSPS) is 16.0. The van der Waals surface area contributed by atoms with Crippen molar-refractivity contribution in [1.29, 1.82) is 0 Å². The second kappa shape index (κ2) is 21.1. The average Bonchev–Trinajstić information content (AvgIpc) is 3.47. The maximum Gasteiger partial charge on any atom is 0.407 e. The van der Waals surface area contributed by atoms with E-state index in [1.807, 2.05) is 30.3 Å². The van der Waals surface area contributed by atoms with E-state index in [9.17, 15) is 14.0 Å². The number of carbonyl (C=O) groups is 2. The molecule has 0 aliphatic carbocycles. The van der Waals surface area contributed by atoms with Gasteiger partial charge in [0.1, 0.15) is 27.2 Å². The summed E-state index contributed by atoms with van der Waals surface area (Å²) in [5.74, 6) is -1.30. The molecule has 0 saturated carbocycles. The standard InChI is InChI=1S/C35H50F2N4O8S/c1-34(2,3)49-32(43)38-15-8-14-35(27-10-6-5-7-11-27)41(39-31(50-35)29-26-28(36)12-13-30(29)37)33(44)40(4)16-19-46-21-23-48-25-24-47-22-20-45-18-9-17-42/h5-7,10-13,26,42H,8-9,14-25H2,1-4H3,(H,38,43). The first-order chi connectivity index (χ1) is 24.0. The Hall–Kier alpha value is -3.34. The van der Waals surface area contributed by atoms with Crippen LogP contribution in [0, 0.1) is 11.6 Å². The van der Waals surface area contributed by atoms with Crippen molar-refractivity contribution in [3.8, 4) is 0 Å². The fourth-order valence-corrected chi connectivity index (χ4v) is 6.18. The van der Waals surface area contributed by atoms with Gasteiger partial charge in [0.05, 0.1) is 46.2 Å². The Morgan fingerprint density at radius 3 is 2.16 bits per heavy atom. The van der Waals surface area contributed by atoms with Gasteiger partial charge in [0.15, 0.2) is 0 Å². The average molecular weight is 725 g/mol. The predicted octanol–water partition coefficient (Wildman–Crippen LogP) is 5.33. The SMILES string of the molecule is CN(CCOCCOCCOCCOCCCO)C(=O)N1N=C(c2cc(F)ccc2F)SC1(CCCNC(=O)OC(C)(C)C)c1ccccc1. The van der Waals surface area contributed by atoms with E-state index in [0.717, 1.165) is 35.5 Å². The number of aliphatic hydroxyl groups is 1. The third-order valence-electron chi connectivity index (χ3n) is 7.18. The van der Waals surface area contributed by atoms with E-state index in [-0.39, 0.29) is 36.9 Å². The number of hydrogen-bond donors (Lipinski definition) is 2. The summed E-state index contributed by atoms with van der Waals surface area (Å²) in [7, 11) is 1.62. The van der Waals surface area contributed by atoms with Crippen LogP contribution in [-0.2, 0) is 28.6 Å². The van der Waals surface area contributed by atoms with Crippen molar-refractivity contribution in [3.05, 3.63) is 71.3 Å². The third-order valence-corrected chi connectivity index (χ3v) is 8.63. The molecule has 50 heavy (non-hydrogen) atoms. The van der Waals surface area contributed by atoms with Crippen LogP contribution < -0.4 is 5.32 Å². The first-order valence-corrected chi connectivity index (χ1v) is 17.5. The summed E-state index contributed by atoms with van der Waals surface area (Å²) < 4.78 is 56.6. The van der Waals surface area contributed by atoms with Crippen LogP contribution in [0.25, 0.3) is 0 Å². The van der Waals surface area contributed by atoms with E-state index in [0.29, 0.717) is 65.5 Å². The third kappa shape index (κ3) is 13.4. The molecule has 1 heterocycles. The van der Waals surface area contributed by atoms with Crippen molar-refractivity contribution in [2.75, 3.05) is 79.6 Å². The molecule has 2 aromatic carbocycles. The number of aliphatic hydroxyl groups excluding tert-OH is 1. The molecule has 3 rings (SSSR count). The van der Waals surface area contributed by atoms with E-state index in [4.69, 9.17) is 28.8 Å². The van der Waals surface area contributed by atoms with Gasteiger partial charge in [0.2, 0.25) is 0 Å². The zero-order valence-electron chi connectivity index (χ0n) is 29.3. The summed E-state index contributed by atoms with van der Waals surface area (Å²) in [6.07, 6.45) is 0.763. The van der Waals surface area contributed by atoms with Gasteiger partial charge < -0.3 is 39.0 Å². The minimum Gasteiger partial charge on any atom is -0.444 e. The number of thioether (sulfide) groups is 1. The Balaban J connectivity index is 1.63. The van der Waals surface area contributed by atoms with Gasteiger partial charge in [-0.05, 0) is 63.8 Å². The summed E-state index contributed by atoms with van der Waals surface area (Å²) in [6.45, 7) is 8.97. The lowest BCUT2D eigenvalue weighted by atomic mass is 10.0. The van der Waals surface area contributed by atoms with Gasteiger partial charge in [0.25, 0.3) is 0 Å². The van der Waals surface area contributed by atoms with Gasteiger partial charge in [-0.3, -0.25) is 0 Å². The number of benzene rings is 2. The van der Waals surface area contributed by atoms with Crippen molar-refractivity contribution in [2.45, 2.75) is 50.5 Å². The summed E-state index contributed by atoms with van der Waals surface area (Å²) in [6, 6.07) is 11.9. The van der Waals surface area contributed by atoms with Crippen molar-refractivity contribution in [3.63, 3.8) is 0 Å². The van der Waals surface area contributed by atoms with Crippen LogP contribution >= 0.6 is 11.8 Å². The van der Waals surface area contributed by atoms with Gasteiger partial charge in [-0.15, -0.1) is 0 Å². The Kier molecular flexibility index (Phi) is 17.4. The Bertz CT molecular complexity index is 1370. The molecule has 0 bridgehead atoms. The highest BCUT2D eigenvalue weighted by molar-refractivity contribution is 8.15. The Labute approximate surface area is 297 Å². The maximum atomic E-state index is 15.0. The van der Waals surface area contributed by atoms with E-state index >= 15 is 4.39 Å². The largest absolute Gasteiger partial charge is 0.444 e. The molecule has 2 N–H and O–H groups in total. The van der Waals surface area contributed by atoms with E-state index in [1.54, 1.807) is 27.8 Å². The number of likely N-dealkylation sites (N-methyl/N-ethyl adjacent to an activating group) is 1. The number of alkyl carbamates (subject to hydrolysis) is 1. The van der Waals surface area contributed by atoms with Gasteiger partial charge >= 0.3 is 12.1 Å². The molecule has 1 atom stereocenters. The molecule has 0 aromatic heterocycles. The van der Waals surface area contributed by atoms with Crippen LogP contribution in [0.2, 0.25) is 0 Å². The van der Waals surface area contributed by atoms with Gasteiger partial charge in [-0.25, -0.2) is 18.4 Å².